The molecule has 8 nitrogen and oxygen atoms in total. The van der Waals surface area contributed by atoms with Crippen molar-refractivity contribution in [3.05, 3.63) is 73.1 Å². The molecule has 0 fully saturated rings. The number of nitrogens with zero attached hydrogens (tertiary/aromatic N) is 1. The first-order valence-electron chi connectivity index (χ1n) is 22.7. The molecule has 0 aromatic carbocycles. The molecule has 0 aromatic heterocycles. The van der Waals surface area contributed by atoms with Gasteiger partial charge in [0, 0.05) is 6.42 Å². The molecule has 0 N–H and O–H groups in total. The monoisotopic (exact) mass is 820 g/mol. The van der Waals surface area contributed by atoms with E-state index >= 15 is 0 Å². The number of quaternary nitrogens is 1. The van der Waals surface area contributed by atoms with Crippen molar-refractivity contribution in [2.75, 3.05) is 47.5 Å². The van der Waals surface area contributed by atoms with Crippen LogP contribution in [0.15, 0.2) is 73.1 Å². The summed E-state index contributed by atoms with van der Waals surface area (Å²) in [7, 11) is 1.33. The Kier molecular flexibility index (Phi) is 39.0. The summed E-state index contributed by atoms with van der Waals surface area (Å²) in [6.07, 6.45) is 53.0. The lowest BCUT2D eigenvalue weighted by atomic mass is 10.1. The third-order valence-corrected chi connectivity index (χ3v) is 10.3. The lowest BCUT2D eigenvalue weighted by Gasteiger charge is -2.28. The molecular formula is C48H86NO7P. The van der Waals surface area contributed by atoms with Crippen LogP contribution < -0.4 is 4.89 Å². The lowest BCUT2D eigenvalue weighted by Crippen LogP contribution is -2.37. The van der Waals surface area contributed by atoms with Crippen molar-refractivity contribution in [3.63, 3.8) is 0 Å². The maximum absolute atomic E-state index is 12.5. The topological polar surface area (TPSA) is 94.1 Å². The van der Waals surface area contributed by atoms with Gasteiger partial charge in [0.25, 0.3) is 7.82 Å². The summed E-state index contributed by atoms with van der Waals surface area (Å²) in [5, 5.41) is 0. The predicted octanol–water partition coefficient (Wildman–Crippen LogP) is 13.2. The zero-order valence-corrected chi connectivity index (χ0v) is 38.2. The summed E-state index contributed by atoms with van der Waals surface area (Å²) < 4.78 is 34.3. The van der Waals surface area contributed by atoms with Crippen molar-refractivity contribution in [2.24, 2.45) is 0 Å². The molecule has 0 aromatic rings. The van der Waals surface area contributed by atoms with Gasteiger partial charge in [-0.3, -0.25) is 9.36 Å². The number of esters is 1. The Labute approximate surface area is 351 Å². The Morgan fingerprint density at radius 1 is 0.561 bits per heavy atom. The largest absolute Gasteiger partial charge is 0.756 e. The first-order valence-corrected chi connectivity index (χ1v) is 24.2. The summed E-state index contributed by atoms with van der Waals surface area (Å²) >= 11 is 0. The van der Waals surface area contributed by atoms with Gasteiger partial charge in [-0.15, -0.1) is 0 Å². The fourth-order valence-corrected chi connectivity index (χ4v) is 6.41. The van der Waals surface area contributed by atoms with Crippen molar-refractivity contribution >= 4 is 13.8 Å². The van der Waals surface area contributed by atoms with E-state index in [1.54, 1.807) is 6.26 Å². The maximum atomic E-state index is 12.5. The molecule has 0 aliphatic rings. The molecule has 2 unspecified atom stereocenters. The van der Waals surface area contributed by atoms with Gasteiger partial charge in [-0.05, 0) is 96.0 Å². The van der Waals surface area contributed by atoms with Gasteiger partial charge in [0.15, 0.2) is 6.10 Å². The predicted molar refractivity (Wildman–Crippen MR) is 240 cm³/mol. The van der Waals surface area contributed by atoms with Crippen molar-refractivity contribution in [1.82, 2.24) is 0 Å². The van der Waals surface area contributed by atoms with E-state index in [0.29, 0.717) is 17.4 Å². The minimum absolute atomic E-state index is 0.0172. The van der Waals surface area contributed by atoms with Crippen LogP contribution in [0, 0.1) is 0 Å². The van der Waals surface area contributed by atoms with Gasteiger partial charge in [0.05, 0.1) is 34.0 Å². The van der Waals surface area contributed by atoms with E-state index in [9.17, 15) is 14.3 Å². The highest BCUT2D eigenvalue weighted by molar-refractivity contribution is 7.45. The van der Waals surface area contributed by atoms with Crippen LogP contribution in [0.1, 0.15) is 174 Å². The van der Waals surface area contributed by atoms with Crippen LogP contribution in [0.3, 0.4) is 0 Å². The van der Waals surface area contributed by atoms with E-state index in [-0.39, 0.29) is 25.8 Å². The molecule has 57 heavy (non-hydrogen) atoms. The molecule has 0 aliphatic heterocycles. The van der Waals surface area contributed by atoms with Gasteiger partial charge in [0.1, 0.15) is 19.8 Å². The van der Waals surface area contributed by atoms with Gasteiger partial charge < -0.3 is 27.9 Å². The minimum atomic E-state index is -4.53. The molecule has 0 radical (unpaired) electrons. The molecule has 330 valence electrons. The standard InChI is InChI=1S/C48H86NO7P/c1-6-8-10-12-14-16-18-20-22-24-25-26-27-29-31-33-35-37-39-41-48(50)54-45-47(46-56-57(51,52)55-44-42-49(3,4)5)53-43-40-38-36-34-32-30-28-23-21-19-17-15-13-11-9-7-2/h14,16-17,19-20,22,25-26,29,31,40,43,47H,6-13,15,18,21,23-24,27-28,30,32-39,41-42,44-46H2,1-5H3/b16-14-,19-17-,22-20-,26-25-,31-29-,43-40-. The normalized spacial score (nSPS) is 14.4. The van der Waals surface area contributed by atoms with E-state index < -0.39 is 13.9 Å². The summed E-state index contributed by atoms with van der Waals surface area (Å²) in [4.78, 5) is 24.9. The van der Waals surface area contributed by atoms with Gasteiger partial charge >= 0.3 is 5.97 Å². The van der Waals surface area contributed by atoms with Crippen molar-refractivity contribution in [3.8, 4) is 0 Å². The van der Waals surface area contributed by atoms with E-state index in [2.05, 4.69) is 74.6 Å². The van der Waals surface area contributed by atoms with Crippen LogP contribution in [0.2, 0.25) is 0 Å². The number of hydrogen-bond donors (Lipinski definition) is 0. The summed E-state index contributed by atoms with van der Waals surface area (Å²) in [5.74, 6) is -0.326. The lowest BCUT2D eigenvalue weighted by molar-refractivity contribution is -0.870. The number of carbonyl (C=O) groups excluding carboxylic acids is 1. The van der Waals surface area contributed by atoms with Gasteiger partial charge in [-0.25, -0.2) is 0 Å². The fraction of sp³-hybridized carbons (Fsp3) is 0.729. The average molecular weight is 820 g/mol. The average Bonchev–Trinajstić information content (AvgIpc) is 3.17. The van der Waals surface area contributed by atoms with Gasteiger partial charge in [-0.1, -0.05) is 139 Å². The molecule has 0 heterocycles. The van der Waals surface area contributed by atoms with Gasteiger partial charge in [-0.2, -0.15) is 0 Å². The first-order chi connectivity index (χ1) is 27.6. The first kappa shape index (κ1) is 54.8. The Morgan fingerprint density at radius 3 is 1.51 bits per heavy atom. The molecular weight excluding hydrogens is 734 g/mol. The Bertz CT molecular complexity index is 1140. The minimum Gasteiger partial charge on any atom is -0.756 e. The molecule has 0 spiro atoms. The number of unbranched alkanes of at least 4 members (excludes halogenated alkanes) is 17. The molecule has 0 bridgehead atoms. The number of phosphoric ester groups is 1. The molecule has 0 aliphatic carbocycles. The fourth-order valence-electron chi connectivity index (χ4n) is 5.68. The quantitative estimate of drug-likeness (QED) is 0.0151. The second kappa shape index (κ2) is 40.6. The SMILES string of the molecule is CCCCC/C=C\C/C=C\C/C=C\C/C=C\CCCCCC(=O)OCC(COP(=O)([O-])OCC[N+](C)(C)C)O/C=C\CCCCCCCC/C=C\CCCCCC. The number of allylic oxidation sites excluding steroid dienone is 11. The third kappa shape index (κ3) is 44.7. The molecule has 0 saturated heterocycles. The zero-order valence-electron chi connectivity index (χ0n) is 37.3. The second-order valence-electron chi connectivity index (χ2n) is 16.1. The summed E-state index contributed by atoms with van der Waals surface area (Å²) in [5.41, 5.74) is 0. The van der Waals surface area contributed by atoms with Crippen LogP contribution in [-0.2, 0) is 27.9 Å². The zero-order chi connectivity index (χ0) is 42.0. The van der Waals surface area contributed by atoms with Crippen LogP contribution in [0.4, 0.5) is 0 Å². The highest BCUT2D eigenvalue weighted by Gasteiger charge is 2.19. The molecule has 0 saturated carbocycles. The highest BCUT2D eigenvalue weighted by Crippen LogP contribution is 2.38. The van der Waals surface area contributed by atoms with Crippen molar-refractivity contribution < 1.29 is 37.3 Å². The second-order valence-corrected chi connectivity index (χ2v) is 17.5. The van der Waals surface area contributed by atoms with Crippen LogP contribution in [0.5, 0.6) is 0 Å². The number of hydrogen-bond acceptors (Lipinski definition) is 7. The molecule has 9 heteroatoms. The van der Waals surface area contributed by atoms with Gasteiger partial charge in [0.2, 0.25) is 0 Å². The summed E-state index contributed by atoms with van der Waals surface area (Å²) in [6, 6.07) is 0. The number of likely N-dealkylation sites (N-methyl/N-ethyl adjacent to an activating group) is 1. The maximum Gasteiger partial charge on any atom is 0.305 e. The Hall–Kier alpha value is -2.22. The highest BCUT2D eigenvalue weighted by atomic mass is 31.2. The molecule has 0 rings (SSSR count). The number of rotatable bonds is 41. The Balaban J connectivity index is 4.35. The summed E-state index contributed by atoms with van der Waals surface area (Å²) in [6.45, 7) is 4.61. The van der Waals surface area contributed by atoms with Crippen LogP contribution in [0.25, 0.3) is 0 Å². The molecule has 2 atom stereocenters. The third-order valence-electron chi connectivity index (χ3n) is 9.32. The van der Waals surface area contributed by atoms with E-state index in [1.807, 2.05) is 27.2 Å². The van der Waals surface area contributed by atoms with E-state index in [4.69, 9.17) is 18.5 Å². The van der Waals surface area contributed by atoms with E-state index in [1.165, 1.54) is 89.9 Å². The Morgan fingerprint density at radius 2 is 0.982 bits per heavy atom. The molecule has 0 amide bonds. The van der Waals surface area contributed by atoms with Crippen molar-refractivity contribution in [1.29, 1.82) is 0 Å². The smallest absolute Gasteiger partial charge is 0.305 e. The van der Waals surface area contributed by atoms with Crippen LogP contribution >= 0.6 is 7.82 Å². The number of ether oxygens (including phenoxy) is 2. The van der Waals surface area contributed by atoms with E-state index in [0.717, 1.165) is 64.2 Å². The van der Waals surface area contributed by atoms with Crippen LogP contribution in [-0.4, -0.2) is 64.1 Å². The van der Waals surface area contributed by atoms with Crippen molar-refractivity contribution in [2.45, 2.75) is 180 Å². The number of phosphoric acid groups is 1. The number of carbonyl (C=O) groups is 1.